The monoisotopic (exact) mass is 414 g/mol. The van der Waals surface area contributed by atoms with Gasteiger partial charge < -0.3 is 30.6 Å². The first kappa shape index (κ1) is 23.5. The van der Waals surface area contributed by atoms with Crippen LogP contribution in [0.1, 0.15) is 31.1 Å². The van der Waals surface area contributed by atoms with Crippen LogP contribution in [-0.2, 0) is 0 Å². The molecule has 0 bridgehead atoms. The molecule has 3 aromatic rings. The van der Waals surface area contributed by atoms with Gasteiger partial charge in [0.2, 0.25) is 0 Å². The minimum atomic E-state index is -1.48. The average Bonchev–Trinajstić information content (AvgIpc) is 2.68. The number of hydrogen-bond donors (Lipinski definition) is 6. The van der Waals surface area contributed by atoms with Gasteiger partial charge in [0.15, 0.2) is 0 Å². The predicted molar refractivity (Wildman–Crippen MR) is 105 cm³/mol. The summed E-state index contributed by atoms with van der Waals surface area (Å²) in [4.78, 5) is 31.8. The molecule has 156 valence electrons. The van der Waals surface area contributed by atoms with E-state index in [4.69, 9.17) is 30.6 Å². The van der Waals surface area contributed by atoms with Crippen LogP contribution >= 0.6 is 0 Å². The molecule has 0 heterocycles. The van der Waals surface area contributed by atoms with Gasteiger partial charge >= 0.3 is 17.9 Å². The molecule has 0 spiro atoms. The van der Waals surface area contributed by atoms with Crippen LogP contribution in [0.25, 0.3) is 0 Å². The molecule has 0 amide bonds. The van der Waals surface area contributed by atoms with Crippen molar-refractivity contribution in [1.29, 1.82) is 0 Å². The summed E-state index contributed by atoms with van der Waals surface area (Å²) in [6.07, 6.45) is 0. The van der Waals surface area contributed by atoms with Crippen molar-refractivity contribution in [3.8, 4) is 17.2 Å². The van der Waals surface area contributed by atoms with Gasteiger partial charge in [0.1, 0.15) is 17.2 Å². The SMILES string of the molecule is O=C(O)c1ccc(C(=O)O)c(C(=O)O)c1.Oc1cc(O)cc(O)c1.c1ccccc1. The predicted octanol–water partition coefficient (Wildman–Crippen LogP) is 3.27. The molecule has 0 aliphatic carbocycles. The average molecular weight is 414 g/mol. The summed E-state index contributed by atoms with van der Waals surface area (Å²) in [5.41, 5.74) is -1.24. The summed E-state index contributed by atoms with van der Waals surface area (Å²) in [5.74, 6) is -4.64. The highest BCUT2D eigenvalue weighted by Gasteiger charge is 2.17. The van der Waals surface area contributed by atoms with E-state index in [1.807, 2.05) is 36.4 Å². The number of benzene rings is 3. The molecule has 0 aromatic heterocycles. The lowest BCUT2D eigenvalue weighted by Crippen LogP contribution is -2.10. The smallest absolute Gasteiger partial charge is 0.336 e. The molecule has 0 aliphatic rings. The molecule has 0 radical (unpaired) electrons. The maximum atomic E-state index is 10.6. The second-order valence-electron chi connectivity index (χ2n) is 5.54. The number of phenolic OH excluding ortho intramolecular Hbond substituents is 3. The topological polar surface area (TPSA) is 173 Å². The Bertz CT molecular complexity index is 937. The number of aromatic carboxylic acids is 3. The first-order valence-electron chi connectivity index (χ1n) is 8.17. The first-order valence-corrected chi connectivity index (χ1v) is 8.17. The van der Waals surface area contributed by atoms with Crippen molar-refractivity contribution in [3.05, 3.63) is 89.5 Å². The molecule has 9 heteroatoms. The Morgan fingerprint density at radius 1 is 0.500 bits per heavy atom. The Labute approximate surface area is 170 Å². The third-order valence-corrected chi connectivity index (χ3v) is 3.28. The maximum absolute atomic E-state index is 10.6. The minimum Gasteiger partial charge on any atom is -0.508 e. The van der Waals surface area contributed by atoms with E-state index in [1.165, 1.54) is 0 Å². The standard InChI is InChI=1S/C9H6O6.C6H6O3.C6H6/c10-7(11)4-1-2-5(8(12)13)6(3-4)9(14)15;7-4-1-5(8)3-6(9)2-4;1-2-4-6-5-3-1/h1-3H,(H,10,11)(H,12,13)(H,14,15);1-3,7-9H;1-6H. The van der Waals surface area contributed by atoms with E-state index >= 15 is 0 Å². The lowest BCUT2D eigenvalue weighted by Gasteiger charge is -2.02. The van der Waals surface area contributed by atoms with Crippen LogP contribution in [-0.4, -0.2) is 48.5 Å². The van der Waals surface area contributed by atoms with Crippen molar-refractivity contribution in [3.63, 3.8) is 0 Å². The van der Waals surface area contributed by atoms with Gasteiger partial charge in [-0.3, -0.25) is 0 Å². The van der Waals surface area contributed by atoms with Crippen molar-refractivity contribution in [2.75, 3.05) is 0 Å². The highest BCUT2D eigenvalue weighted by molar-refractivity contribution is 6.03. The molecule has 0 saturated carbocycles. The summed E-state index contributed by atoms with van der Waals surface area (Å²) in [6, 6.07) is 18.2. The molecule has 6 N–H and O–H groups in total. The number of hydrogen-bond acceptors (Lipinski definition) is 6. The normalized spacial score (nSPS) is 9.20. The van der Waals surface area contributed by atoms with Gasteiger partial charge in [0.05, 0.1) is 16.7 Å². The number of carboxylic acids is 3. The van der Waals surface area contributed by atoms with Crippen LogP contribution in [0, 0.1) is 0 Å². The van der Waals surface area contributed by atoms with Gasteiger partial charge in [-0.05, 0) is 18.2 Å². The van der Waals surface area contributed by atoms with E-state index in [1.54, 1.807) is 0 Å². The zero-order valence-electron chi connectivity index (χ0n) is 15.3. The zero-order chi connectivity index (χ0) is 22.7. The fraction of sp³-hybridized carbons (Fsp3) is 0. The van der Waals surface area contributed by atoms with Crippen LogP contribution in [0.5, 0.6) is 17.2 Å². The molecule has 0 atom stereocenters. The van der Waals surface area contributed by atoms with Crippen LogP contribution in [0.4, 0.5) is 0 Å². The van der Waals surface area contributed by atoms with E-state index in [0.717, 1.165) is 36.4 Å². The third kappa shape index (κ3) is 8.01. The molecule has 9 nitrogen and oxygen atoms in total. The van der Waals surface area contributed by atoms with Crippen LogP contribution < -0.4 is 0 Å². The molecule has 0 aliphatic heterocycles. The number of rotatable bonds is 3. The van der Waals surface area contributed by atoms with Gasteiger partial charge in [-0.2, -0.15) is 0 Å². The Morgan fingerprint density at radius 2 is 0.867 bits per heavy atom. The van der Waals surface area contributed by atoms with Crippen molar-refractivity contribution in [2.24, 2.45) is 0 Å². The Balaban J connectivity index is 0.000000252. The van der Waals surface area contributed by atoms with E-state index in [0.29, 0.717) is 0 Å². The molecule has 3 rings (SSSR count). The van der Waals surface area contributed by atoms with E-state index in [2.05, 4.69) is 0 Å². The van der Waals surface area contributed by atoms with E-state index in [9.17, 15) is 14.4 Å². The summed E-state index contributed by atoms with van der Waals surface area (Å²) in [5, 5.41) is 51.9. The fourth-order valence-corrected chi connectivity index (χ4v) is 2.01. The number of carbonyl (C=O) groups is 3. The second kappa shape index (κ2) is 11.3. The lowest BCUT2D eigenvalue weighted by molar-refractivity contribution is 0.0649. The third-order valence-electron chi connectivity index (χ3n) is 3.28. The van der Waals surface area contributed by atoms with Crippen LogP contribution in [0.15, 0.2) is 72.8 Å². The fourth-order valence-electron chi connectivity index (χ4n) is 2.01. The van der Waals surface area contributed by atoms with Gasteiger partial charge in [-0.25, -0.2) is 14.4 Å². The Kier molecular flexibility index (Phi) is 8.89. The highest BCUT2D eigenvalue weighted by atomic mass is 16.4. The molecular formula is C21H18O9. The number of carboxylic acid groups (broad SMARTS) is 3. The molecular weight excluding hydrogens is 396 g/mol. The van der Waals surface area contributed by atoms with Crippen molar-refractivity contribution < 1.29 is 45.0 Å². The molecule has 0 fully saturated rings. The van der Waals surface area contributed by atoms with Crippen LogP contribution in [0.3, 0.4) is 0 Å². The summed E-state index contributed by atoms with van der Waals surface area (Å²) in [7, 11) is 0. The van der Waals surface area contributed by atoms with Crippen molar-refractivity contribution in [2.45, 2.75) is 0 Å². The quantitative estimate of drug-likeness (QED) is 0.376. The van der Waals surface area contributed by atoms with Gasteiger partial charge in [-0.15, -0.1) is 0 Å². The Hall–Kier alpha value is -4.53. The minimum absolute atomic E-state index is 0.146. The van der Waals surface area contributed by atoms with E-state index < -0.39 is 29.0 Å². The second-order valence-corrected chi connectivity index (χ2v) is 5.54. The van der Waals surface area contributed by atoms with Gasteiger partial charge in [0.25, 0.3) is 0 Å². The van der Waals surface area contributed by atoms with Gasteiger partial charge in [0, 0.05) is 18.2 Å². The maximum Gasteiger partial charge on any atom is 0.336 e. The molecule has 30 heavy (non-hydrogen) atoms. The number of aromatic hydroxyl groups is 3. The number of phenols is 3. The Morgan fingerprint density at radius 3 is 1.17 bits per heavy atom. The lowest BCUT2D eigenvalue weighted by atomic mass is 10.0. The van der Waals surface area contributed by atoms with Crippen molar-refractivity contribution >= 4 is 17.9 Å². The summed E-state index contributed by atoms with van der Waals surface area (Å²) >= 11 is 0. The zero-order valence-corrected chi connectivity index (χ0v) is 15.3. The molecule has 0 unspecified atom stereocenters. The van der Waals surface area contributed by atoms with Crippen molar-refractivity contribution in [1.82, 2.24) is 0 Å². The molecule has 3 aromatic carbocycles. The summed E-state index contributed by atoms with van der Waals surface area (Å²) in [6.45, 7) is 0. The first-order chi connectivity index (χ1) is 14.1. The van der Waals surface area contributed by atoms with E-state index in [-0.39, 0.29) is 22.8 Å². The largest absolute Gasteiger partial charge is 0.508 e. The highest BCUT2D eigenvalue weighted by Crippen LogP contribution is 2.23. The van der Waals surface area contributed by atoms with Gasteiger partial charge in [-0.1, -0.05) is 36.4 Å². The summed E-state index contributed by atoms with van der Waals surface area (Å²) < 4.78 is 0. The molecule has 0 saturated heterocycles. The van der Waals surface area contributed by atoms with Crippen LogP contribution in [0.2, 0.25) is 0 Å².